The van der Waals surface area contributed by atoms with Crippen molar-refractivity contribution in [1.82, 2.24) is 15.5 Å². The zero-order chi connectivity index (χ0) is 34.1. The first-order valence-corrected chi connectivity index (χ1v) is 19.5. The lowest BCUT2D eigenvalue weighted by atomic mass is 9.33. The van der Waals surface area contributed by atoms with Crippen LogP contribution >= 0.6 is 0 Å². The van der Waals surface area contributed by atoms with E-state index in [2.05, 4.69) is 81.9 Å². The number of methoxy groups -OCH3 is 1. The number of carbonyl (C=O) groups excluding carboxylic acids is 1. The van der Waals surface area contributed by atoms with E-state index in [9.17, 15) is 4.79 Å². The standard InChI is InChI=1S/C43H65N3O2/c1-29(2)32-15-20-43(45-25-28-46-26-23-44-24-27-46)22-21-41(6)34(37(32)43)13-14-36-40(5)18-16-33(30-9-11-31(12-10-30)38(47)48-8)39(3,4)35(40)17-19-42(36,41)7/h9-12,16,32,34-37,44-45H,1,13-15,17-28H2,2-8H3/t32-,34+,35?,36?,37?,40-,41+,42+,43-/m0/s1. The molecule has 1 aromatic carbocycles. The number of fused-ring (bicyclic) bond motifs is 7. The molecule has 1 heterocycles. The van der Waals surface area contributed by atoms with Gasteiger partial charge in [-0.25, -0.2) is 4.79 Å². The third-order valence-corrected chi connectivity index (χ3v) is 16.4. The molecular weight excluding hydrogens is 590 g/mol. The number of nitrogens with zero attached hydrogens (tertiary/aromatic N) is 1. The SMILES string of the molecule is C=C(C)[C@@H]1CC[C@]2(NCCN3CCNCC3)CC[C@]3(C)[C@H](CCC4[C@@]5(C)CC=C(c6ccc(C(=O)OC)cc6)C(C)(C)C5CC[C@]43C)C12. The summed E-state index contributed by atoms with van der Waals surface area (Å²) in [5, 5.41) is 7.85. The second-order valence-corrected chi connectivity index (χ2v) is 18.5. The van der Waals surface area contributed by atoms with Gasteiger partial charge in [0.05, 0.1) is 12.7 Å². The quantitative estimate of drug-likeness (QED) is 0.228. The van der Waals surface area contributed by atoms with E-state index < -0.39 is 0 Å². The van der Waals surface area contributed by atoms with E-state index in [1.54, 1.807) is 0 Å². The van der Waals surface area contributed by atoms with Gasteiger partial charge in [0.25, 0.3) is 0 Å². The molecule has 0 amide bonds. The van der Waals surface area contributed by atoms with Crippen molar-refractivity contribution in [3.63, 3.8) is 0 Å². The monoisotopic (exact) mass is 656 g/mol. The van der Waals surface area contributed by atoms with Crippen molar-refractivity contribution in [2.75, 3.05) is 46.4 Å². The number of hydrogen-bond donors (Lipinski definition) is 2. The van der Waals surface area contributed by atoms with Gasteiger partial charge in [0.1, 0.15) is 0 Å². The zero-order valence-electron chi connectivity index (χ0n) is 31.4. The Morgan fingerprint density at radius 2 is 1.67 bits per heavy atom. The summed E-state index contributed by atoms with van der Waals surface area (Å²) in [5.41, 5.74) is 6.14. The van der Waals surface area contributed by atoms with Gasteiger partial charge in [0.2, 0.25) is 0 Å². The van der Waals surface area contributed by atoms with Crippen LogP contribution in [0.1, 0.15) is 115 Å². The Hall–Kier alpha value is -1.95. The molecule has 2 N–H and O–H groups in total. The zero-order valence-corrected chi connectivity index (χ0v) is 31.4. The fourth-order valence-electron chi connectivity index (χ4n) is 13.9. The smallest absolute Gasteiger partial charge is 0.337 e. The van der Waals surface area contributed by atoms with Crippen LogP contribution in [0.4, 0.5) is 0 Å². The molecule has 1 saturated heterocycles. The summed E-state index contributed by atoms with van der Waals surface area (Å²) >= 11 is 0. The molecule has 6 aliphatic rings. The maximum Gasteiger partial charge on any atom is 0.337 e. The van der Waals surface area contributed by atoms with Crippen LogP contribution in [-0.4, -0.2) is 62.8 Å². The Balaban J connectivity index is 1.16. The Morgan fingerprint density at radius 3 is 2.35 bits per heavy atom. The molecule has 0 bridgehead atoms. The normalized spacial score (nSPS) is 42.1. The van der Waals surface area contributed by atoms with Gasteiger partial charge in [-0.1, -0.05) is 65.0 Å². The van der Waals surface area contributed by atoms with Crippen molar-refractivity contribution in [3.05, 3.63) is 53.6 Å². The number of piperazine rings is 1. The Morgan fingerprint density at radius 1 is 0.938 bits per heavy atom. The van der Waals surface area contributed by atoms with Gasteiger partial charge in [-0.2, -0.15) is 0 Å². The van der Waals surface area contributed by atoms with Crippen LogP contribution in [0.5, 0.6) is 0 Å². The lowest BCUT2D eigenvalue weighted by Gasteiger charge is -2.72. The molecule has 3 unspecified atom stereocenters. The van der Waals surface area contributed by atoms with Crippen LogP contribution < -0.4 is 10.6 Å². The highest BCUT2D eigenvalue weighted by Gasteiger charge is 2.70. The topological polar surface area (TPSA) is 53.6 Å². The first-order valence-electron chi connectivity index (χ1n) is 19.5. The number of hydrogen-bond acceptors (Lipinski definition) is 5. The molecule has 5 heteroatoms. The maximum atomic E-state index is 12.1. The van der Waals surface area contributed by atoms with Gasteiger partial charge in [-0.15, -0.1) is 0 Å². The minimum absolute atomic E-state index is 0.0748. The van der Waals surface area contributed by atoms with Crippen LogP contribution in [0, 0.1) is 51.2 Å². The summed E-state index contributed by atoms with van der Waals surface area (Å²) in [6.45, 7) is 27.1. The van der Waals surface area contributed by atoms with Gasteiger partial charge in [0, 0.05) is 44.8 Å². The van der Waals surface area contributed by atoms with Crippen molar-refractivity contribution in [2.24, 2.45) is 51.2 Å². The van der Waals surface area contributed by atoms with Gasteiger partial charge in [-0.3, -0.25) is 4.90 Å². The number of ether oxygens (including phenoxy) is 1. The Kier molecular flexibility index (Phi) is 8.89. The van der Waals surface area contributed by atoms with Crippen molar-refractivity contribution in [1.29, 1.82) is 0 Å². The molecule has 48 heavy (non-hydrogen) atoms. The summed E-state index contributed by atoms with van der Waals surface area (Å²) in [6.07, 6.45) is 14.5. The Bertz CT molecular complexity index is 1430. The van der Waals surface area contributed by atoms with Gasteiger partial charge >= 0.3 is 5.97 Å². The molecule has 5 nitrogen and oxygen atoms in total. The van der Waals surface area contributed by atoms with E-state index in [-0.39, 0.29) is 16.9 Å². The van der Waals surface area contributed by atoms with E-state index in [1.165, 1.54) is 94.8 Å². The van der Waals surface area contributed by atoms with E-state index >= 15 is 0 Å². The number of carbonyl (C=O) groups is 1. The maximum absolute atomic E-state index is 12.1. The van der Waals surface area contributed by atoms with Crippen molar-refractivity contribution in [2.45, 2.75) is 105 Å². The molecule has 1 aliphatic heterocycles. The molecule has 5 aliphatic carbocycles. The fraction of sp³-hybridized carbons (Fsp3) is 0.744. The largest absolute Gasteiger partial charge is 0.465 e. The van der Waals surface area contributed by atoms with E-state index in [1.807, 2.05) is 12.1 Å². The second kappa shape index (κ2) is 12.4. The van der Waals surface area contributed by atoms with Crippen LogP contribution in [0.15, 0.2) is 42.5 Å². The van der Waals surface area contributed by atoms with Crippen molar-refractivity contribution < 1.29 is 9.53 Å². The minimum Gasteiger partial charge on any atom is -0.465 e. The first-order chi connectivity index (χ1) is 22.8. The molecule has 4 saturated carbocycles. The van der Waals surface area contributed by atoms with Gasteiger partial charge < -0.3 is 15.4 Å². The molecule has 7 rings (SSSR count). The average molecular weight is 656 g/mol. The van der Waals surface area contributed by atoms with E-state index in [0.717, 1.165) is 37.9 Å². The third-order valence-electron chi connectivity index (χ3n) is 16.4. The van der Waals surface area contributed by atoms with Gasteiger partial charge in [-0.05, 0) is 139 Å². The molecular formula is C43H65N3O2. The molecule has 264 valence electrons. The molecule has 0 aromatic heterocycles. The van der Waals surface area contributed by atoms with E-state index in [0.29, 0.717) is 39.6 Å². The number of esters is 1. The first kappa shape index (κ1) is 34.5. The Labute approximate surface area is 292 Å². The number of allylic oxidation sites excluding steroid dienone is 3. The number of rotatable bonds is 7. The molecule has 5 fully saturated rings. The van der Waals surface area contributed by atoms with Crippen LogP contribution in [0.25, 0.3) is 5.57 Å². The predicted octanol–water partition coefficient (Wildman–Crippen LogP) is 8.37. The average Bonchev–Trinajstić information content (AvgIpc) is 3.45. The van der Waals surface area contributed by atoms with Crippen LogP contribution in [0.2, 0.25) is 0 Å². The van der Waals surface area contributed by atoms with E-state index in [4.69, 9.17) is 4.74 Å². The van der Waals surface area contributed by atoms with Gasteiger partial charge in [0.15, 0.2) is 0 Å². The lowest BCUT2D eigenvalue weighted by Crippen LogP contribution is -2.68. The summed E-state index contributed by atoms with van der Waals surface area (Å²) < 4.78 is 4.97. The highest BCUT2D eigenvalue weighted by atomic mass is 16.5. The fourth-order valence-corrected chi connectivity index (χ4v) is 13.9. The van der Waals surface area contributed by atoms with Crippen LogP contribution in [-0.2, 0) is 4.74 Å². The van der Waals surface area contributed by atoms with Crippen LogP contribution in [0.3, 0.4) is 0 Å². The summed E-state index contributed by atoms with van der Waals surface area (Å²) in [5.74, 6) is 3.24. The van der Waals surface area contributed by atoms with Crippen molar-refractivity contribution >= 4 is 11.5 Å². The summed E-state index contributed by atoms with van der Waals surface area (Å²) in [7, 11) is 1.46. The number of nitrogens with one attached hydrogen (secondary N) is 2. The number of benzene rings is 1. The summed E-state index contributed by atoms with van der Waals surface area (Å²) in [6, 6.07) is 8.17. The molecule has 1 aromatic rings. The highest BCUT2D eigenvalue weighted by molar-refractivity contribution is 5.89. The predicted molar refractivity (Wildman–Crippen MR) is 198 cm³/mol. The van der Waals surface area contributed by atoms with Crippen molar-refractivity contribution in [3.8, 4) is 0 Å². The summed E-state index contributed by atoms with van der Waals surface area (Å²) in [4.78, 5) is 14.8. The highest BCUT2D eigenvalue weighted by Crippen LogP contribution is 2.76. The molecule has 9 atom stereocenters. The lowest BCUT2D eigenvalue weighted by molar-refractivity contribution is -0.219. The molecule has 0 spiro atoms. The molecule has 0 radical (unpaired) electrons. The third kappa shape index (κ3) is 5.14. The second-order valence-electron chi connectivity index (χ2n) is 18.5. The minimum atomic E-state index is -0.264.